The van der Waals surface area contributed by atoms with Crippen molar-refractivity contribution < 1.29 is 21.6 Å². The van der Waals surface area contributed by atoms with Gasteiger partial charge >= 0.3 is 5.51 Å². The molecule has 1 aliphatic heterocycles. The molecule has 1 N–H and O–H groups in total. The Balaban J connectivity index is 0.00000312. The van der Waals surface area contributed by atoms with Gasteiger partial charge in [0.25, 0.3) is 0 Å². The molecule has 1 aliphatic rings. The first kappa shape index (κ1) is 22.6. The zero-order valence-electron chi connectivity index (χ0n) is 13.8. The molecule has 144 valence electrons. The van der Waals surface area contributed by atoms with Crippen molar-refractivity contribution in [2.75, 3.05) is 26.2 Å². The number of alkyl halides is 3. The van der Waals surface area contributed by atoms with Crippen LogP contribution in [0.5, 0.6) is 0 Å². The summed E-state index contributed by atoms with van der Waals surface area (Å²) < 4.78 is 63.6. The minimum Gasteiger partial charge on any atom is -0.317 e. The molecule has 10 heteroatoms. The summed E-state index contributed by atoms with van der Waals surface area (Å²) in [4.78, 5) is 0.0185. The average molecular weight is 419 g/mol. The molecule has 1 fully saturated rings. The molecule has 0 spiro atoms. The minimum absolute atomic E-state index is 0. The predicted molar refractivity (Wildman–Crippen MR) is 95.6 cm³/mol. The van der Waals surface area contributed by atoms with Gasteiger partial charge in [-0.2, -0.15) is 17.5 Å². The second-order valence-electron chi connectivity index (χ2n) is 5.67. The molecular weight excluding hydrogens is 397 g/mol. The second kappa shape index (κ2) is 9.45. The van der Waals surface area contributed by atoms with Crippen molar-refractivity contribution in [2.45, 2.75) is 35.1 Å². The molecule has 0 atom stereocenters. The second-order valence-corrected chi connectivity index (χ2v) is 8.75. The van der Waals surface area contributed by atoms with Crippen molar-refractivity contribution in [1.82, 2.24) is 9.62 Å². The zero-order chi connectivity index (χ0) is 17.8. The number of rotatable bonds is 6. The van der Waals surface area contributed by atoms with Crippen LogP contribution >= 0.6 is 24.2 Å². The standard InChI is InChI=1S/C15H21F3N2O2S2.ClH/c1-2-19-11-12-7-9-20(10-8-12)24(21,22)14-5-3-13(4-6-14)23-15(16,17)18;/h3-6,12,19H,2,7-11H2,1H3;1H. The highest BCUT2D eigenvalue weighted by atomic mass is 35.5. The van der Waals surface area contributed by atoms with E-state index in [0.717, 1.165) is 25.9 Å². The third-order valence-corrected chi connectivity index (χ3v) is 6.60. The van der Waals surface area contributed by atoms with Crippen LogP contribution in [-0.2, 0) is 10.0 Å². The molecule has 1 heterocycles. The molecular formula is C15H22ClF3N2O2S2. The van der Waals surface area contributed by atoms with Gasteiger partial charge in [-0.1, -0.05) is 6.92 Å². The Morgan fingerprint density at radius 2 is 1.76 bits per heavy atom. The van der Waals surface area contributed by atoms with Crippen molar-refractivity contribution in [3.05, 3.63) is 24.3 Å². The third-order valence-electron chi connectivity index (χ3n) is 3.95. The molecule has 0 saturated carbocycles. The number of hydrogen-bond acceptors (Lipinski definition) is 4. The number of halogens is 4. The van der Waals surface area contributed by atoms with Gasteiger partial charge in [-0.3, -0.25) is 0 Å². The Morgan fingerprint density at radius 1 is 1.20 bits per heavy atom. The van der Waals surface area contributed by atoms with E-state index in [9.17, 15) is 21.6 Å². The lowest BCUT2D eigenvalue weighted by Gasteiger charge is -2.31. The van der Waals surface area contributed by atoms with Gasteiger partial charge in [-0.05, 0) is 67.9 Å². The van der Waals surface area contributed by atoms with Crippen LogP contribution in [0.3, 0.4) is 0 Å². The first-order valence-corrected chi connectivity index (χ1v) is 10.0. The summed E-state index contributed by atoms with van der Waals surface area (Å²) in [5.41, 5.74) is -4.38. The number of thioether (sulfide) groups is 1. The molecule has 25 heavy (non-hydrogen) atoms. The summed E-state index contributed by atoms with van der Waals surface area (Å²) in [6.07, 6.45) is 1.57. The normalized spacial score (nSPS) is 17.3. The van der Waals surface area contributed by atoms with Crippen LogP contribution in [0.15, 0.2) is 34.1 Å². The Morgan fingerprint density at radius 3 is 2.24 bits per heavy atom. The summed E-state index contributed by atoms with van der Waals surface area (Å²) in [6, 6.07) is 4.88. The summed E-state index contributed by atoms with van der Waals surface area (Å²) in [7, 11) is -3.64. The topological polar surface area (TPSA) is 49.4 Å². The first-order chi connectivity index (χ1) is 11.2. The van der Waals surface area contributed by atoms with Crippen molar-refractivity contribution in [1.29, 1.82) is 0 Å². The van der Waals surface area contributed by atoms with Gasteiger partial charge in [-0.15, -0.1) is 12.4 Å². The lowest BCUT2D eigenvalue weighted by Crippen LogP contribution is -2.40. The van der Waals surface area contributed by atoms with Crippen LogP contribution in [0.2, 0.25) is 0 Å². The Kier molecular flexibility index (Phi) is 8.53. The largest absolute Gasteiger partial charge is 0.446 e. The van der Waals surface area contributed by atoms with Crippen LogP contribution < -0.4 is 5.32 Å². The van der Waals surface area contributed by atoms with Crippen LogP contribution in [0, 0.1) is 5.92 Å². The van der Waals surface area contributed by atoms with Gasteiger partial charge in [0.1, 0.15) is 0 Å². The molecule has 0 aromatic heterocycles. The molecule has 1 aromatic carbocycles. The van der Waals surface area contributed by atoms with Crippen molar-refractivity contribution in [2.24, 2.45) is 5.92 Å². The van der Waals surface area contributed by atoms with E-state index < -0.39 is 15.5 Å². The van der Waals surface area contributed by atoms with Gasteiger partial charge in [0, 0.05) is 18.0 Å². The average Bonchev–Trinajstić information content (AvgIpc) is 2.52. The number of piperidine rings is 1. The SMILES string of the molecule is CCNCC1CCN(S(=O)(=O)c2ccc(SC(F)(F)F)cc2)CC1.Cl. The van der Waals surface area contributed by atoms with E-state index in [4.69, 9.17) is 0 Å². The van der Waals surface area contributed by atoms with E-state index in [0.29, 0.717) is 19.0 Å². The van der Waals surface area contributed by atoms with E-state index in [1.165, 1.54) is 28.6 Å². The molecule has 0 amide bonds. The summed E-state index contributed by atoms with van der Waals surface area (Å²) in [5.74, 6) is 0.460. The van der Waals surface area contributed by atoms with E-state index in [2.05, 4.69) is 5.32 Å². The molecule has 0 bridgehead atoms. The molecule has 2 rings (SSSR count). The highest BCUT2D eigenvalue weighted by molar-refractivity contribution is 8.00. The van der Waals surface area contributed by atoms with Gasteiger partial charge in [0.2, 0.25) is 10.0 Å². The van der Waals surface area contributed by atoms with Crippen LogP contribution in [0.1, 0.15) is 19.8 Å². The number of nitrogens with one attached hydrogen (secondary N) is 1. The van der Waals surface area contributed by atoms with Crippen LogP contribution in [-0.4, -0.2) is 44.4 Å². The fourth-order valence-electron chi connectivity index (χ4n) is 2.66. The zero-order valence-corrected chi connectivity index (χ0v) is 16.2. The molecule has 1 saturated heterocycles. The summed E-state index contributed by atoms with van der Waals surface area (Å²) in [5, 5.41) is 3.27. The lowest BCUT2D eigenvalue weighted by atomic mass is 9.98. The maximum Gasteiger partial charge on any atom is 0.446 e. The Labute approximate surface area is 157 Å². The molecule has 0 unspecified atom stereocenters. The number of hydrogen-bond donors (Lipinski definition) is 1. The highest BCUT2D eigenvalue weighted by Gasteiger charge is 2.31. The maximum absolute atomic E-state index is 12.6. The molecule has 4 nitrogen and oxygen atoms in total. The first-order valence-electron chi connectivity index (χ1n) is 7.79. The van der Waals surface area contributed by atoms with Crippen LogP contribution in [0.25, 0.3) is 0 Å². The number of benzene rings is 1. The summed E-state index contributed by atoms with van der Waals surface area (Å²) in [6.45, 7) is 4.68. The molecule has 1 aromatic rings. The number of nitrogens with zero attached hydrogens (tertiary/aromatic N) is 1. The smallest absolute Gasteiger partial charge is 0.317 e. The quantitative estimate of drug-likeness (QED) is 0.715. The van der Waals surface area contributed by atoms with Crippen molar-refractivity contribution in [3.63, 3.8) is 0 Å². The monoisotopic (exact) mass is 418 g/mol. The van der Waals surface area contributed by atoms with Crippen LogP contribution in [0.4, 0.5) is 13.2 Å². The fraction of sp³-hybridized carbons (Fsp3) is 0.600. The molecule has 0 radical (unpaired) electrons. The third kappa shape index (κ3) is 6.63. The van der Waals surface area contributed by atoms with Gasteiger partial charge in [-0.25, -0.2) is 8.42 Å². The van der Waals surface area contributed by atoms with E-state index >= 15 is 0 Å². The van der Waals surface area contributed by atoms with Gasteiger partial charge < -0.3 is 5.32 Å². The van der Waals surface area contributed by atoms with E-state index in [1.54, 1.807) is 0 Å². The number of sulfonamides is 1. The predicted octanol–water partition coefficient (Wildman–Crippen LogP) is 3.73. The maximum atomic E-state index is 12.6. The van der Waals surface area contributed by atoms with Crippen molar-refractivity contribution in [3.8, 4) is 0 Å². The van der Waals surface area contributed by atoms with E-state index in [1.807, 2.05) is 6.92 Å². The minimum atomic E-state index is -4.38. The highest BCUT2D eigenvalue weighted by Crippen LogP contribution is 2.37. The Hall–Kier alpha value is -0.480. The Bertz CT molecular complexity index is 631. The lowest BCUT2D eigenvalue weighted by molar-refractivity contribution is -0.0328. The van der Waals surface area contributed by atoms with Gasteiger partial charge in [0.05, 0.1) is 4.90 Å². The summed E-state index contributed by atoms with van der Waals surface area (Å²) >= 11 is -0.252. The van der Waals surface area contributed by atoms with Crippen molar-refractivity contribution >= 4 is 34.2 Å². The molecule has 0 aliphatic carbocycles. The van der Waals surface area contributed by atoms with E-state index in [-0.39, 0.29) is 34.0 Å². The van der Waals surface area contributed by atoms with Gasteiger partial charge in [0.15, 0.2) is 0 Å². The fourth-order valence-corrected chi connectivity index (χ4v) is 4.67.